The standard InChI is InChI=1S/2C32H50O9.2C26H38O4.4CH4.2B/c2*1-6-27(36-18-24(3)17-35-5)22-40-31-12-9-13-32(15-31)41-23-28(7-2)37-19-25(4)20-38-29-10-8-11-30(14-29)39-21-26(34)16-33;2*1-6-20(2)17-28-25-11-8-12-26(14-25)30-19-23(5)16-27-15-22(4)18-29-24-10-7-9-21(3)13-24;;;;;;/h2*8-15,24-28,33-34H,6-7,16-23H2,1-5H3;2*7-14,20,22-23H,6,15-19H2,1-5H3;4*1H4;;. The van der Waals surface area contributed by atoms with Crippen LogP contribution in [-0.4, -0.2) is 260 Å². The fraction of sp³-hybridized carbons (Fsp3) is 0.600. The van der Waals surface area contributed by atoms with Crippen molar-refractivity contribution in [2.75, 3.05) is 186 Å². The largest absolute Gasteiger partial charge is 0.493 e. The number of ether oxygens (including phenoxy) is 22. The molecule has 148 heavy (non-hydrogen) atoms. The summed E-state index contributed by atoms with van der Waals surface area (Å²) in [6.07, 6.45) is 3.71. The van der Waals surface area contributed by atoms with Crippen molar-refractivity contribution in [2.45, 2.75) is 229 Å². The van der Waals surface area contributed by atoms with E-state index in [9.17, 15) is 10.2 Å². The summed E-state index contributed by atoms with van der Waals surface area (Å²) < 4.78 is 128. The summed E-state index contributed by atoms with van der Waals surface area (Å²) in [5.41, 5.74) is 2.41. The first-order valence-corrected chi connectivity index (χ1v) is 51.3. The second kappa shape index (κ2) is 86.2. The highest BCUT2D eigenvalue weighted by molar-refractivity contribution is 5.76. The van der Waals surface area contributed by atoms with E-state index in [4.69, 9.17) is 114 Å². The third-order valence-electron chi connectivity index (χ3n) is 22.3. The van der Waals surface area contributed by atoms with Crippen LogP contribution < -0.4 is 66.3 Å². The molecular formula is C120H192B2O26. The van der Waals surface area contributed by atoms with E-state index in [-0.39, 0.29) is 109 Å². The zero-order valence-corrected chi connectivity index (χ0v) is 90.3. The normalized spacial score (nSPS) is 14.0. The van der Waals surface area contributed by atoms with Gasteiger partial charge in [-0.2, -0.15) is 0 Å². The molecule has 8 aromatic carbocycles. The van der Waals surface area contributed by atoms with Gasteiger partial charge in [0.25, 0.3) is 0 Å². The number of rotatable bonds is 74. The number of aliphatic hydroxyl groups is 4. The quantitative estimate of drug-likeness (QED) is 0.0258. The molecule has 28 heteroatoms. The van der Waals surface area contributed by atoms with Gasteiger partial charge in [0.2, 0.25) is 0 Å². The van der Waals surface area contributed by atoms with Crippen molar-refractivity contribution in [3.8, 4) is 80.5 Å². The van der Waals surface area contributed by atoms with Gasteiger partial charge in [-0.15, -0.1) is 0 Å². The number of methoxy groups -OCH3 is 2. The van der Waals surface area contributed by atoms with E-state index in [1.807, 2.05) is 146 Å². The van der Waals surface area contributed by atoms with Crippen molar-refractivity contribution in [2.24, 2.45) is 59.2 Å². The first-order chi connectivity index (χ1) is 68.6. The lowest BCUT2D eigenvalue weighted by atomic mass is 10.1. The molecule has 0 heterocycles. The number of benzene rings is 8. The van der Waals surface area contributed by atoms with E-state index in [0.717, 1.165) is 109 Å². The molecule has 0 saturated heterocycles. The zero-order valence-electron chi connectivity index (χ0n) is 90.3. The van der Waals surface area contributed by atoms with Crippen LogP contribution >= 0.6 is 0 Å². The lowest BCUT2D eigenvalue weighted by molar-refractivity contribution is -0.0109. The van der Waals surface area contributed by atoms with E-state index in [2.05, 4.69) is 149 Å². The third-order valence-corrected chi connectivity index (χ3v) is 22.3. The maximum Gasteiger partial charge on any atom is 0.123 e. The fourth-order valence-electron chi connectivity index (χ4n) is 13.0. The molecule has 0 saturated carbocycles. The van der Waals surface area contributed by atoms with E-state index in [1.54, 1.807) is 38.5 Å². The smallest absolute Gasteiger partial charge is 0.123 e. The van der Waals surface area contributed by atoms with Crippen LogP contribution in [0, 0.1) is 73.0 Å². The highest BCUT2D eigenvalue weighted by atomic mass is 16.6. The molecule has 0 aliphatic carbocycles. The minimum Gasteiger partial charge on any atom is -0.493 e. The topological polar surface area (TPSA) is 284 Å². The van der Waals surface area contributed by atoms with E-state index in [0.29, 0.717) is 202 Å². The average Bonchev–Trinajstić information content (AvgIpc) is 0.926. The van der Waals surface area contributed by atoms with Crippen LogP contribution in [0.3, 0.4) is 0 Å². The van der Waals surface area contributed by atoms with Gasteiger partial charge < -0.3 is 125 Å². The van der Waals surface area contributed by atoms with E-state index in [1.165, 1.54) is 11.1 Å². The molecule has 0 spiro atoms. The zero-order chi connectivity index (χ0) is 103. The molecule has 834 valence electrons. The van der Waals surface area contributed by atoms with Gasteiger partial charge in [-0.25, -0.2) is 0 Å². The predicted octanol–water partition coefficient (Wildman–Crippen LogP) is 23.6. The van der Waals surface area contributed by atoms with Gasteiger partial charge in [-0.05, 0) is 160 Å². The summed E-state index contributed by atoms with van der Waals surface area (Å²) in [6, 6.07) is 61.7. The Labute approximate surface area is 896 Å². The Bertz CT molecular complexity index is 4180. The predicted molar refractivity (Wildman–Crippen MR) is 600 cm³/mol. The average molecular weight is 2070 g/mol. The van der Waals surface area contributed by atoms with Crippen LogP contribution in [0.2, 0.25) is 0 Å². The lowest BCUT2D eigenvalue weighted by Gasteiger charge is -2.21. The minimum atomic E-state index is -0.913. The fourth-order valence-corrected chi connectivity index (χ4v) is 13.0. The Hall–Kier alpha value is -9.39. The Morgan fingerprint density at radius 2 is 0.365 bits per heavy atom. The van der Waals surface area contributed by atoms with Crippen LogP contribution in [-0.2, 0) is 37.9 Å². The van der Waals surface area contributed by atoms with Gasteiger partial charge >= 0.3 is 0 Å². The van der Waals surface area contributed by atoms with E-state index >= 15 is 0 Å². The third kappa shape index (κ3) is 66.3. The molecule has 6 radical (unpaired) electrons. The number of hydrogen-bond donors (Lipinski definition) is 4. The summed E-state index contributed by atoms with van der Waals surface area (Å²) in [4.78, 5) is 0. The molecule has 8 aromatic rings. The molecule has 0 amide bonds. The van der Waals surface area contributed by atoms with E-state index < -0.39 is 12.2 Å². The van der Waals surface area contributed by atoms with Gasteiger partial charge in [0.05, 0.1) is 157 Å². The molecule has 8 rings (SSSR count). The lowest BCUT2D eigenvalue weighted by Crippen LogP contribution is -2.25. The van der Waals surface area contributed by atoms with Crippen LogP contribution in [0.15, 0.2) is 194 Å². The Kier molecular flexibility index (Phi) is 81.9. The monoisotopic (exact) mass is 2070 g/mol. The molecule has 0 fully saturated rings. The highest BCUT2D eigenvalue weighted by Gasteiger charge is 2.21. The van der Waals surface area contributed by atoms with Crippen molar-refractivity contribution in [1.82, 2.24) is 0 Å². The maximum atomic E-state index is 9.45. The summed E-state index contributed by atoms with van der Waals surface area (Å²) in [7, 11) is 3.40. The van der Waals surface area contributed by atoms with Gasteiger partial charge in [0.15, 0.2) is 0 Å². The first-order valence-electron chi connectivity index (χ1n) is 51.3. The van der Waals surface area contributed by atoms with Crippen LogP contribution in [0.25, 0.3) is 0 Å². The van der Waals surface area contributed by atoms with Crippen LogP contribution in [0.5, 0.6) is 80.5 Å². The van der Waals surface area contributed by atoms with Crippen molar-refractivity contribution >= 4 is 16.8 Å². The molecule has 0 bridgehead atoms. The second-order valence-corrected chi connectivity index (χ2v) is 37.8. The highest BCUT2D eigenvalue weighted by Crippen LogP contribution is 2.29. The van der Waals surface area contributed by atoms with Gasteiger partial charge in [0.1, 0.15) is 132 Å². The van der Waals surface area contributed by atoms with Crippen molar-refractivity contribution in [3.05, 3.63) is 205 Å². The molecule has 0 aliphatic heterocycles. The Balaban J connectivity index is 0. The van der Waals surface area contributed by atoms with Crippen molar-refractivity contribution in [3.63, 3.8) is 0 Å². The van der Waals surface area contributed by atoms with Gasteiger partial charge in [-0.1, -0.05) is 214 Å². The van der Waals surface area contributed by atoms with Crippen molar-refractivity contribution in [1.29, 1.82) is 0 Å². The number of aliphatic hydroxyl groups excluding tert-OH is 4. The van der Waals surface area contributed by atoms with Gasteiger partial charge in [-0.3, -0.25) is 0 Å². The molecule has 0 aliphatic rings. The SMILES string of the molecule is C.C.C.C.CCC(C)COc1cccc(OCC(C)COCC(C)COc2cccc(C)c2)c1.CCC(C)COc1cccc(OCC(C)COCC(C)COc2cccc(C)c2)c1.CCC(COc1cccc(OCC(CC)OCC(C)COc2cccc(OCC(O)CO)c2)c1)OCC(C)COC.CCC(COc1cccc(OCC(CC)OCC(C)COc2cccc(OCC(O)CO)c2)c1)OCC(C)COC.[B].[B]. The molecule has 0 aromatic heterocycles. The molecular weight excluding hydrogens is 1880 g/mol. The maximum absolute atomic E-state index is 9.45. The minimum absolute atomic E-state index is 0. The molecule has 16 unspecified atom stereocenters. The summed E-state index contributed by atoms with van der Waals surface area (Å²) in [5.74, 6) is 14.0. The van der Waals surface area contributed by atoms with Crippen LogP contribution in [0.1, 0.15) is 190 Å². The second-order valence-electron chi connectivity index (χ2n) is 37.8. The van der Waals surface area contributed by atoms with Gasteiger partial charge in [0, 0.05) is 115 Å². The molecule has 4 N–H and O–H groups in total. The summed E-state index contributed by atoms with van der Waals surface area (Å²) in [6.45, 7) is 50.6. The molecule has 16 atom stereocenters. The summed E-state index contributed by atoms with van der Waals surface area (Å²) in [5, 5.41) is 36.7. The Morgan fingerprint density at radius 3 is 0.541 bits per heavy atom. The first kappa shape index (κ1) is 141. The Morgan fingerprint density at radius 1 is 0.203 bits per heavy atom. The summed E-state index contributed by atoms with van der Waals surface area (Å²) >= 11 is 0. The van der Waals surface area contributed by atoms with Crippen molar-refractivity contribution < 1.29 is 125 Å². The number of hydrogen-bond acceptors (Lipinski definition) is 26. The van der Waals surface area contributed by atoms with Crippen LogP contribution in [0.4, 0.5) is 0 Å². The number of aryl methyl sites for hydroxylation is 2. The molecule has 26 nitrogen and oxygen atoms in total.